The summed E-state index contributed by atoms with van der Waals surface area (Å²) in [5.74, 6) is -0.593. The number of pyridine rings is 1. The molecule has 0 atom stereocenters. The van der Waals surface area contributed by atoms with Gasteiger partial charge < -0.3 is 9.80 Å². The zero-order valence-electron chi connectivity index (χ0n) is 14.6. The van der Waals surface area contributed by atoms with Crippen molar-refractivity contribution in [2.75, 3.05) is 20.1 Å². The number of carbonyl (C=O) groups excluding carboxylic acids is 1. The summed E-state index contributed by atoms with van der Waals surface area (Å²) >= 11 is 0. The Morgan fingerprint density at radius 3 is 2.84 bits per heavy atom. The molecule has 3 heterocycles. The first-order valence-corrected chi connectivity index (χ1v) is 8.21. The van der Waals surface area contributed by atoms with Crippen LogP contribution in [0.1, 0.15) is 26.0 Å². The number of nitrogens with zero attached hydrogens (tertiary/aromatic N) is 6. The van der Waals surface area contributed by atoms with E-state index in [1.54, 1.807) is 35.2 Å². The minimum Gasteiger partial charge on any atom is -0.325 e. The Hall–Kier alpha value is -2.77. The second-order valence-electron chi connectivity index (χ2n) is 6.27. The number of amides is 2. The Morgan fingerprint density at radius 2 is 2.20 bits per heavy atom. The van der Waals surface area contributed by atoms with Crippen molar-refractivity contribution in [3.63, 3.8) is 0 Å². The number of hydrogen-bond donors (Lipinski definition) is 0. The molecule has 0 unspecified atom stereocenters. The molecule has 2 aromatic rings. The standard InChI is InChI=1S/C17H21FN6O/c1-12(2)22(3)17(25)23-9-6-13(7-10-23)14-11-24(21-20-14)15-5-4-8-19-16(15)18/h4-6,8,11-12H,7,9-10H2,1-3H3. The lowest BCUT2D eigenvalue weighted by Gasteiger charge is -2.32. The summed E-state index contributed by atoms with van der Waals surface area (Å²) in [7, 11) is 1.81. The molecule has 0 aliphatic carbocycles. The second kappa shape index (κ2) is 7.00. The highest BCUT2D eigenvalue weighted by Crippen LogP contribution is 2.22. The Kier molecular flexibility index (Phi) is 4.78. The maximum absolute atomic E-state index is 13.7. The van der Waals surface area contributed by atoms with Gasteiger partial charge in [-0.25, -0.2) is 14.5 Å². The highest BCUT2D eigenvalue weighted by Gasteiger charge is 2.23. The lowest BCUT2D eigenvalue weighted by molar-refractivity contribution is 0.157. The zero-order valence-corrected chi connectivity index (χ0v) is 14.6. The first kappa shape index (κ1) is 17.1. The fourth-order valence-electron chi connectivity index (χ4n) is 2.60. The number of rotatable bonds is 3. The molecule has 0 saturated carbocycles. The number of urea groups is 1. The maximum Gasteiger partial charge on any atom is 0.320 e. The van der Waals surface area contributed by atoms with Crippen molar-refractivity contribution in [1.82, 2.24) is 29.8 Å². The molecule has 132 valence electrons. The van der Waals surface area contributed by atoms with E-state index in [2.05, 4.69) is 15.3 Å². The molecule has 3 rings (SSSR count). The lowest BCUT2D eigenvalue weighted by Crippen LogP contribution is -2.45. The monoisotopic (exact) mass is 344 g/mol. The van der Waals surface area contributed by atoms with Crippen molar-refractivity contribution in [2.45, 2.75) is 26.3 Å². The summed E-state index contributed by atoms with van der Waals surface area (Å²) < 4.78 is 15.1. The van der Waals surface area contributed by atoms with Crippen LogP contribution in [0, 0.1) is 5.95 Å². The average Bonchev–Trinajstić information content (AvgIpc) is 3.10. The molecule has 8 heteroatoms. The fourth-order valence-corrected chi connectivity index (χ4v) is 2.60. The van der Waals surface area contributed by atoms with Crippen molar-refractivity contribution in [2.24, 2.45) is 0 Å². The van der Waals surface area contributed by atoms with Gasteiger partial charge in [0.2, 0.25) is 5.95 Å². The number of carbonyl (C=O) groups is 1. The predicted molar refractivity (Wildman–Crippen MR) is 91.6 cm³/mol. The SMILES string of the molecule is CC(C)N(C)C(=O)N1CC=C(c2cn(-c3cccnc3F)nn2)CC1. The summed E-state index contributed by atoms with van der Waals surface area (Å²) in [5, 5.41) is 8.11. The molecule has 25 heavy (non-hydrogen) atoms. The number of halogens is 1. The minimum atomic E-state index is -0.593. The number of hydrogen-bond acceptors (Lipinski definition) is 4. The van der Waals surface area contributed by atoms with Crippen molar-refractivity contribution in [3.05, 3.63) is 42.2 Å². The van der Waals surface area contributed by atoms with Crippen LogP contribution in [-0.2, 0) is 0 Å². The molecule has 0 N–H and O–H groups in total. The molecule has 2 amide bonds. The molecule has 0 aromatic carbocycles. The van der Waals surface area contributed by atoms with E-state index in [4.69, 9.17) is 0 Å². The molecule has 0 fully saturated rings. The summed E-state index contributed by atoms with van der Waals surface area (Å²) in [6, 6.07) is 3.42. The van der Waals surface area contributed by atoms with Gasteiger partial charge in [-0.1, -0.05) is 11.3 Å². The van der Waals surface area contributed by atoms with Crippen molar-refractivity contribution in [1.29, 1.82) is 0 Å². The van der Waals surface area contributed by atoms with Crippen LogP contribution in [0.5, 0.6) is 0 Å². The first-order valence-electron chi connectivity index (χ1n) is 8.21. The van der Waals surface area contributed by atoms with E-state index < -0.39 is 5.95 Å². The molecule has 0 bridgehead atoms. The minimum absolute atomic E-state index is 0.0198. The summed E-state index contributed by atoms with van der Waals surface area (Å²) in [4.78, 5) is 19.5. The van der Waals surface area contributed by atoms with E-state index in [1.165, 1.54) is 10.9 Å². The van der Waals surface area contributed by atoms with Gasteiger partial charge in [-0.3, -0.25) is 0 Å². The van der Waals surface area contributed by atoms with Gasteiger partial charge in [-0.15, -0.1) is 5.10 Å². The van der Waals surface area contributed by atoms with Gasteiger partial charge >= 0.3 is 6.03 Å². The molecule has 7 nitrogen and oxygen atoms in total. The largest absolute Gasteiger partial charge is 0.325 e. The molecule has 1 aliphatic heterocycles. The highest BCUT2D eigenvalue weighted by molar-refractivity contribution is 5.76. The van der Waals surface area contributed by atoms with Crippen LogP contribution in [0.3, 0.4) is 0 Å². The molecular formula is C17H21FN6O. The fraction of sp³-hybridized carbons (Fsp3) is 0.412. The van der Waals surface area contributed by atoms with Gasteiger partial charge in [0.25, 0.3) is 0 Å². The maximum atomic E-state index is 13.7. The average molecular weight is 344 g/mol. The quantitative estimate of drug-likeness (QED) is 0.802. The summed E-state index contributed by atoms with van der Waals surface area (Å²) in [6.45, 7) is 5.12. The van der Waals surface area contributed by atoms with Crippen LogP contribution in [0.25, 0.3) is 11.3 Å². The zero-order chi connectivity index (χ0) is 18.0. The van der Waals surface area contributed by atoms with Crippen LogP contribution in [0.15, 0.2) is 30.6 Å². The smallest absolute Gasteiger partial charge is 0.320 e. The highest BCUT2D eigenvalue weighted by atomic mass is 19.1. The second-order valence-corrected chi connectivity index (χ2v) is 6.27. The van der Waals surface area contributed by atoms with Gasteiger partial charge in [-0.05, 0) is 38.0 Å². The molecule has 1 aliphatic rings. The van der Waals surface area contributed by atoms with E-state index in [9.17, 15) is 9.18 Å². The van der Waals surface area contributed by atoms with Gasteiger partial charge in [0.15, 0.2) is 0 Å². The predicted octanol–water partition coefficient (Wildman–Crippen LogP) is 2.35. The summed E-state index contributed by atoms with van der Waals surface area (Å²) in [6.07, 6.45) is 5.74. The van der Waals surface area contributed by atoms with Gasteiger partial charge in [0.1, 0.15) is 11.4 Å². The van der Waals surface area contributed by atoms with E-state index in [0.29, 0.717) is 25.2 Å². The molecule has 2 aromatic heterocycles. The summed E-state index contributed by atoms with van der Waals surface area (Å²) in [5.41, 5.74) is 1.95. The third-order valence-electron chi connectivity index (χ3n) is 4.36. The third-order valence-corrected chi connectivity index (χ3v) is 4.36. The Bertz CT molecular complexity index is 800. The van der Waals surface area contributed by atoms with Gasteiger partial charge in [0, 0.05) is 32.4 Å². The van der Waals surface area contributed by atoms with Crippen LogP contribution < -0.4 is 0 Å². The van der Waals surface area contributed by atoms with Crippen molar-refractivity contribution >= 4 is 11.6 Å². The molecular weight excluding hydrogens is 323 g/mol. The molecule has 0 saturated heterocycles. The Balaban J connectivity index is 1.73. The van der Waals surface area contributed by atoms with Crippen LogP contribution in [0.4, 0.5) is 9.18 Å². The Labute approximate surface area is 145 Å². The van der Waals surface area contributed by atoms with Crippen molar-refractivity contribution < 1.29 is 9.18 Å². The topological polar surface area (TPSA) is 67.2 Å². The van der Waals surface area contributed by atoms with Crippen LogP contribution >= 0.6 is 0 Å². The Morgan fingerprint density at radius 1 is 1.40 bits per heavy atom. The van der Waals surface area contributed by atoms with Gasteiger partial charge in [0.05, 0.1) is 6.20 Å². The van der Waals surface area contributed by atoms with E-state index >= 15 is 0 Å². The normalized spacial score (nSPS) is 14.6. The van der Waals surface area contributed by atoms with Crippen LogP contribution in [0.2, 0.25) is 0 Å². The van der Waals surface area contributed by atoms with E-state index in [-0.39, 0.29) is 17.8 Å². The first-order chi connectivity index (χ1) is 12.0. The molecule has 0 spiro atoms. The third kappa shape index (κ3) is 3.52. The van der Waals surface area contributed by atoms with E-state index in [1.807, 2.05) is 19.9 Å². The van der Waals surface area contributed by atoms with E-state index in [0.717, 1.165) is 5.57 Å². The van der Waals surface area contributed by atoms with Crippen molar-refractivity contribution in [3.8, 4) is 5.69 Å². The molecule has 0 radical (unpaired) electrons. The number of aromatic nitrogens is 4. The van der Waals surface area contributed by atoms with Crippen LogP contribution in [-0.4, -0.2) is 62.0 Å². The van der Waals surface area contributed by atoms with Gasteiger partial charge in [-0.2, -0.15) is 4.39 Å². The lowest BCUT2D eigenvalue weighted by atomic mass is 10.1.